The van der Waals surface area contributed by atoms with Crippen LogP contribution >= 0.6 is 11.8 Å². The van der Waals surface area contributed by atoms with Gasteiger partial charge in [-0.25, -0.2) is 0 Å². The molecule has 0 bridgehead atoms. The van der Waals surface area contributed by atoms with Gasteiger partial charge >= 0.3 is 11.9 Å². The molecule has 1 aliphatic heterocycles. The Morgan fingerprint density at radius 1 is 0.835 bits per heavy atom. The molecule has 4 amide bonds. The van der Waals surface area contributed by atoms with Crippen LogP contribution in [0.25, 0.3) is 0 Å². The Kier molecular flexibility index (Phi) is 30.8. The van der Waals surface area contributed by atoms with Gasteiger partial charge in [-0.2, -0.15) is 0 Å². The quantitative estimate of drug-likeness (QED) is 0.0525. The fraction of sp³-hybridized carbons (Fsp3) is 0.729. The summed E-state index contributed by atoms with van der Waals surface area (Å²) in [6.45, 7) is 15.0. The number of ether oxygens (including phenoxy) is 2. The monoisotopic (exact) mass is 1130 g/mol. The third-order valence-electron chi connectivity index (χ3n) is 15.6. The highest BCUT2D eigenvalue weighted by molar-refractivity contribution is 8.00. The van der Waals surface area contributed by atoms with Crippen molar-refractivity contribution in [1.29, 1.82) is 0 Å². The number of nitrogens with one attached hydrogen (secondary N) is 2. The van der Waals surface area contributed by atoms with E-state index in [0.29, 0.717) is 45.1 Å². The van der Waals surface area contributed by atoms with E-state index in [1.54, 1.807) is 30.8 Å². The summed E-state index contributed by atoms with van der Waals surface area (Å²) in [4.78, 5) is 137. The molecule has 0 radical (unpaired) electrons. The van der Waals surface area contributed by atoms with Crippen LogP contribution in [0.15, 0.2) is 30.3 Å². The van der Waals surface area contributed by atoms with Crippen LogP contribution in [0, 0.1) is 35.5 Å². The van der Waals surface area contributed by atoms with E-state index < -0.39 is 77.2 Å². The number of methoxy groups -OCH3 is 2. The number of carbonyl (C=O) groups is 10. The molecule has 79 heavy (non-hydrogen) atoms. The number of aliphatic carboxylic acids is 2. The van der Waals surface area contributed by atoms with Crippen LogP contribution in [0.1, 0.15) is 146 Å². The summed E-state index contributed by atoms with van der Waals surface area (Å²) in [5, 5.41) is 24.2. The predicted molar refractivity (Wildman–Crippen MR) is 304 cm³/mol. The molecule has 2 unspecified atom stereocenters. The summed E-state index contributed by atoms with van der Waals surface area (Å²) < 4.78 is 19.2. The van der Waals surface area contributed by atoms with Crippen molar-refractivity contribution in [2.45, 2.75) is 187 Å². The van der Waals surface area contributed by atoms with Gasteiger partial charge in [-0.15, -0.1) is 11.8 Å². The van der Waals surface area contributed by atoms with Gasteiger partial charge in [-0.05, 0) is 62.3 Å². The van der Waals surface area contributed by atoms with Gasteiger partial charge in [-0.3, -0.25) is 53.3 Å². The molecule has 0 aromatic heterocycles. The van der Waals surface area contributed by atoms with Gasteiger partial charge in [0.05, 0.1) is 55.3 Å². The number of benzene rings is 1. The van der Waals surface area contributed by atoms with Gasteiger partial charge in [0.1, 0.15) is 22.6 Å². The van der Waals surface area contributed by atoms with Crippen molar-refractivity contribution in [3.63, 3.8) is 0 Å². The van der Waals surface area contributed by atoms with Crippen LogP contribution in [0.4, 0.5) is 0 Å². The number of carbonyl (C=O) groups excluding carboxylic acids is 8. The lowest BCUT2D eigenvalue weighted by Gasteiger charge is -2.41. The third kappa shape index (κ3) is 22.4. The number of amides is 4. The van der Waals surface area contributed by atoms with E-state index in [0.717, 1.165) is 17.3 Å². The van der Waals surface area contributed by atoms with Crippen molar-refractivity contribution >= 4 is 70.5 Å². The summed E-state index contributed by atoms with van der Waals surface area (Å²) in [7, 11) is 6.28. The van der Waals surface area contributed by atoms with E-state index in [1.807, 2.05) is 71.9 Å². The maximum atomic E-state index is 14.7. The second-order valence-electron chi connectivity index (χ2n) is 22.1. The van der Waals surface area contributed by atoms with Crippen LogP contribution in [0.3, 0.4) is 0 Å². The first kappa shape index (κ1) is 68.2. The van der Waals surface area contributed by atoms with E-state index in [9.17, 15) is 58.2 Å². The first-order valence-electron chi connectivity index (χ1n) is 28.8. The number of carboxylic acids is 2. The number of likely N-dealkylation sites (N-methyl/N-ethyl adjacent to an activating group) is 2. The van der Waals surface area contributed by atoms with Crippen LogP contribution < -0.4 is 10.6 Å². The zero-order valence-electron chi connectivity index (χ0n) is 50.2. The molecule has 0 saturated carbocycles. The summed E-state index contributed by atoms with van der Waals surface area (Å²) in [5.74, 6) is -7.59. The van der Waals surface area contributed by atoms with E-state index in [2.05, 4.69) is 10.6 Å². The normalized spacial score (nSPS) is 17.5. The summed E-state index contributed by atoms with van der Waals surface area (Å²) in [5.41, 5.74) is 0.815. The van der Waals surface area contributed by atoms with Crippen molar-refractivity contribution in [1.82, 2.24) is 25.3 Å². The van der Waals surface area contributed by atoms with Gasteiger partial charge in [0.25, 0.3) is 0 Å². The van der Waals surface area contributed by atoms with Crippen molar-refractivity contribution in [2.24, 2.45) is 35.5 Å². The minimum Gasteiger partial charge on any atom is -0.481 e. The SMILES string of the molecule is [3H]CCC(=O)CNC(CSC(CC(=O)NCCCCCC(=O)N(C)[C@H](C(=O)C[C@H](C(=O)N(C)[C@@H]([C@@H](C)CC)[C@@H](CC(=O)N1CCC[C@H]1[C@H](OC)[C@@H](C)C(=O)C[C@@H](Cc1ccccc1)C(=O)O)OC)C(C)C)C(C)C)C(=O)O)C(C)=O. The Bertz CT molecular complexity index is 2190. The first-order valence-corrected chi connectivity index (χ1v) is 29.2. The molecule has 0 aliphatic carbocycles. The van der Waals surface area contributed by atoms with Crippen LogP contribution in [-0.4, -0.2) is 179 Å². The van der Waals surface area contributed by atoms with Gasteiger partial charge in [-0.1, -0.05) is 98.5 Å². The molecule has 4 N–H and O–H groups in total. The molecule has 2 rings (SSSR count). The number of likely N-dealkylation sites (tertiary alicyclic amines) is 1. The fourth-order valence-electron chi connectivity index (χ4n) is 10.6. The Balaban J connectivity index is 2.08. The highest BCUT2D eigenvalue weighted by atomic mass is 32.2. The largest absolute Gasteiger partial charge is 0.481 e. The number of ketones is 4. The molecule has 1 fully saturated rings. The Morgan fingerprint density at radius 2 is 1.51 bits per heavy atom. The van der Waals surface area contributed by atoms with Crippen molar-refractivity contribution in [3.05, 3.63) is 35.9 Å². The Labute approximate surface area is 475 Å². The predicted octanol–water partition coefficient (Wildman–Crippen LogP) is 6.30. The molecule has 1 aromatic carbocycles. The topological polar surface area (TPSA) is 263 Å². The van der Waals surface area contributed by atoms with E-state index in [4.69, 9.17) is 10.8 Å². The number of thioether (sulfide) groups is 1. The minimum absolute atomic E-state index is 0.0379. The molecule has 19 nitrogen and oxygen atoms in total. The maximum absolute atomic E-state index is 14.7. The average Bonchev–Trinajstić information content (AvgIpc) is 3.89. The molecular weight excluding hydrogens is 1030 g/mol. The van der Waals surface area contributed by atoms with Crippen LogP contribution in [-0.2, 0) is 63.8 Å². The zero-order valence-corrected chi connectivity index (χ0v) is 50.0. The lowest BCUT2D eigenvalue weighted by molar-refractivity contribution is -0.150. The smallest absolute Gasteiger partial charge is 0.317 e. The van der Waals surface area contributed by atoms with Gasteiger partial charge < -0.3 is 39.7 Å². The zero-order chi connectivity index (χ0) is 60.4. The molecule has 1 saturated heterocycles. The first-order chi connectivity index (χ1) is 37.8. The van der Waals surface area contributed by atoms with Crippen molar-refractivity contribution in [3.8, 4) is 0 Å². The van der Waals surface area contributed by atoms with Crippen LogP contribution in [0.5, 0.6) is 0 Å². The number of hydrogen-bond acceptors (Lipinski definition) is 14. The lowest BCUT2D eigenvalue weighted by Crippen LogP contribution is -2.54. The fourth-order valence-corrected chi connectivity index (χ4v) is 11.8. The third-order valence-corrected chi connectivity index (χ3v) is 16.9. The molecule has 1 aliphatic rings. The number of rotatable bonds is 40. The number of nitrogens with zero attached hydrogens (tertiary/aromatic N) is 3. The highest BCUT2D eigenvalue weighted by Crippen LogP contribution is 2.32. The standard InChI is InChI=1S/C59H95N5O14S/c1-14-38(7)55(49(77-12)32-53(71)64-28-22-25-46(64)56(78-13)39(8)47(67)30-42(58(73)74)29-41-23-18-16-19-24-41)63(11)57(72)44(36(3)4)31-48(68)54(37(5)6)62(10)52(70)26-20-17-21-27-60-51(69)33-50(59(75)76)79-35-45(40(9)65)61-34-43(66)15-2/h16,18-19,23-24,36-39,42,44-46,49-50,54-56,61H,14-15,17,20-22,25-35H2,1-13H3,(H,60,69)(H,73,74)(H,75,76)/t38-,39-,42+,44-,45?,46-,49+,50?,54-,55-,56+/m0/s1/i2T. The van der Waals surface area contributed by atoms with E-state index >= 15 is 0 Å². The maximum Gasteiger partial charge on any atom is 0.317 e. The molecule has 1 aromatic rings. The van der Waals surface area contributed by atoms with Gasteiger partial charge in [0.15, 0.2) is 5.78 Å². The van der Waals surface area contributed by atoms with Gasteiger partial charge in [0.2, 0.25) is 23.6 Å². The Hall–Kier alpha value is -5.05. The average molecular weight is 1130 g/mol. The van der Waals surface area contributed by atoms with E-state index in [1.165, 1.54) is 26.0 Å². The van der Waals surface area contributed by atoms with Crippen molar-refractivity contribution < 1.29 is 69.0 Å². The minimum atomic E-state index is -1.21. The summed E-state index contributed by atoms with van der Waals surface area (Å²) in [6.07, 6.45) is 1.65. The number of hydrogen-bond donors (Lipinski definition) is 4. The lowest BCUT2D eigenvalue weighted by atomic mass is 9.83. The van der Waals surface area contributed by atoms with Crippen molar-refractivity contribution in [2.75, 3.05) is 53.7 Å². The van der Waals surface area contributed by atoms with E-state index in [-0.39, 0.29) is 129 Å². The number of carboxylic acid groups (broad SMARTS) is 2. The molecule has 1 heterocycles. The number of Topliss-reactive ketones (excluding diaryl/α,β-unsaturated/α-hetero) is 4. The molecule has 20 heteroatoms. The highest BCUT2D eigenvalue weighted by Gasteiger charge is 2.44. The summed E-state index contributed by atoms with van der Waals surface area (Å²) >= 11 is 0.926. The molecule has 0 spiro atoms. The second-order valence-corrected chi connectivity index (χ2v) is 23.3. The number of unbranched alkanes of at least 4 members (excludes halogenated alkanes) is 2. The van der Waals surface area contributed by atoms with Crippen LogP contribution in [0.2, 0.25) is 0 Å². The van der Waals surface area contributed by atoms with Gasteiger partial charge in [0, 0.05) is 92.5 Å². The second kappa shape index (κ2) is 35.6. The molecule has 11 atom stereocenters. The molecule has 446 valence electrons. The summed E-state index contributed by atoms with van der Waals surface area (Å²) in [6, 6.07) is 6.53. The molecular formula is C59H95N5O14S. The Morgan fingerprint density at radius 3 is 2.06 bits per heavy atom.